The van der Waals surface area contributed by atoms with E-state index in [2.05, 4.69) is 15.8 Å². The molecule has 4 nitrogen and oxygen atoms in total. The molecular weight excluding hydrogens is 142 g/mol. The maximum Gasteiger partial charge on any atom is 0.0614 e. The molecule has 11 heavy (non-hydrogen) atoms. The normalized spacial score (nSPS) is 22.4. The van der Waals surface area contributed by atoms with Crippen LogP contribution < -0.4 is 10.9 Å². The van der Waals surface area contributed by atoms with Crippen LogP contribution in [0.25, 0.3) is 0 Å². The fourth-order valence-electron chi connectivity index (χ4n) is 1.27. The van der Waals surface area contributed by atoms with Gasteiger partial charge in [-0.2, -0.15) is 0 Å². The molecule has 0 saturated carbocycles. The van der Waals surface area contributed by atoms with Crippen molar-refractivity contribution >= 4 is 0 Å². The van der Waals surface area contributed by atoms with Gasteiger partial charge in [0, 0.05) is 13.1 Å². The average molecular weight is 159 g/mol. The van der Waals surface area contributed by atoms with Crippen molar-refractivity contribution in [1.29, 1.82) is 0 Å². The summed E-state index contributed by atoms with van der Waals surface area (Å²) in [6.45, 7) is 2.86. The van der Waals surface area contributed by atoms with Crippen LogP contribution >= 0.6 is 0 Å². The first-order valence-electron chi connectivity index (χ1n) is 4.13. The second-order valence-corrected chi connectivity index (χ2v) is 2.93. The van der Waals surface area contributed by atoms with E-state index in [1.165, 1.54) is 0 Å². The van der Waals surface area contributed by atoms with Crippen molar-refractivity contribution in [2.75, 3.05) is 26.8 Å². The molecule has 1 aliphatic heterocycles. The molecule has 0 unspecified atom stereocenters. The van der Waals surface area contributed by atoms with Gasteiger partial charge < -0.3 is 5.11 Å². The van der Waals surface area contributed by atoms with Gasteiger partial charge in [-0.15, -0.1) is 0 Å². The zero-order valence-corrected chi connectivity index (χ0v) is 7.01. The molecule has 4 heteroatoms. The van der Waals surface area contributed by atoms with Gasteiger partial charge in [0.2, 0.25) is 0 Å². The van der Waals surface area contributed by atoms with Crippen molar-refractivity contribution < 1.29 is 5.11 Å². The summed E-state index contributed by atoms with van der Waals surface area (Å²) in [7, 11) is 1.86. The van der Waals surface area contributed by atoms with Crippen LogP contribution in [0.5, 0.6) is 0 Å². The van der Waals surface area contributed by atoms with Gasteiger partial charge >= 0.3 is 0 Å². The van der Waals surface area contributed by atoms with Crippen molar-refractivity contribution in [3.05, 3.63) is 0 Å². The summed E-state index contributed by atoms with van der Waals surface area (Å²) in [5, 5.41) is 9.19. The van der Waals surface area contributed by atoms with E-state index in [9.17, 15) is 5.11 Å². The van der Waals surface area contributed by atoms with E-state index in [-0.39, 0.29) is 6.10 Å². The first-order valence-corrected chi connectivity index (χ1v) is 4.13. The third-order valence-electron chi connectivity index (χ3n) is 2.04. The SMILES string of the molecule is CNNCN1CCC(O)CC1. The highest BCUT2D eigenvalue weighted by Gasteiger charge is 2.15. The number of rotatable bonds is 3. The summed E-state index contributed by atoms with van der Waals surface area (Å²) in [5.74, 6) is 0. The lowest BCUT2D eigenvalue weighted by atomic mass is 10.1. The molecule has 1 saturated heterocycles. The summed E-state index contributed by atoms with van der Waals surface area (Å²) in [4.78, 5) is 2.28. The molecular formula is C7H17N3O. The van der Waals surface area contributed by atoms with Crippen molar-refractivity contribution in [2.45, 2.75) is 18.9 Å². The third kappa shape index (κ3) is 3.16. The molecule has 0 aromatic rings. The number of piperidine rings is 1. The first kappa shape index (κ1) is 8.93. The molecule has 1 heterocycles. The number of likely N-dealkylation sites (tertiary alicyclic amines) is 1. The van der Waals surface area contributed by atoms with Gasteiger partial charge in [-0.3, -0.25) is 10.3 Å². The Morgan fingerprint density at radius 3 is 2.64 bits per heavy atom. The molecule has 0 radical (unpaired) electrons. The Labute approximate surface area is 67.5 Å². The highest BCUT2D eigenvalue weighted by molar-refractivity contribution is 4.69. The number of aliphatic hydroxyl groups excluding tert-OH is 1. The van der Waals surface area contributed by atoms with Crippen LogP contribution in [0.1, 0.15) is 12.8 Å². The molecule has 0 spiro atoms. The molecule has 0 bridgehead atoms. The fraction of sp³-hybridized carbons (Fsp3) is 1.00. The van der Waals surface area contributed by atoms with E-state index < -0.39 is 0 Å². The first-order chi connectivity index (χ1) is 5.33. The lowest BCUT2D eigenvalue weighted by Gasteiger charge is -2.29. The Kier molecular flexibility index (Phi) is 3.79. The van der Waals surface area contributed by atoms with Crippen molar-refractivity contribution in [2.24, 2.45) is 0 Å². The second-order valence-electron chi connectivity index (χ2n) is 2.93. The minimum Gasteiger partial charge on any atom is -0.393 e. The molecule has 0 amide bonds. The third-order valence-corrected chi connectivity index (χ3v) is 2.04. The predicted molar refractivity (Wildman–Crippen MR) is 43.9 cm³/mol. The zero-order chi connectivity index (χ0) is 8.10. The standard InChI is InChI=1S/C7H17N3O/c1-8-9-6-10-4-2-7(11)3-5-10/h7-9,11H,2-6H2,1H3. The zero-order valence-electron chi connectivity index (χ0n) is 7.01. The minimum absolute atomic E-state index is 0.0687. The number of hydrogen-bond acceptors (Lipinski definition) is 4. The number of aliphatic hydroxyl groups is 1. The van der Waals surface area contributed by atoms with Crippen molar-refractivity contribution in [1.82, 2.24) is 15.8 Å². The summed E-state index contributed by atoms with van der Waals surface area (Å²) in [6.07, 6.45) is 1.75. The van der Waals surface area contributed by atoms with E-state index in [4.69, 9.17) is 0 Å². The van der Waals surface area contributed by atoms with Gasteiger partial charge in [0.1, 0.15) is 0 Å². The van der Waals surface area contributed by atoms with Crippen molar-refractivity contribution in [3.8, 4) is 0 Å². The van der Waals surface area contributed by atoms with Gasteiger partial charge in [0.15, 0.2) is 0 Å². The number of nitrogens with zero attached hydrogens (tertiary/aromatic N) is 1. The Morgan fingerprint density at radius 1 is 1.45 bits per heavy atom. The lowest BCUT2D eigenvalue weighted by molar-refractivity contribution is 0.0770. The predicted octanol–water partition coefficient (Wildman–Crippen LogP) is -0.875. The highest BCUT2D eigenvalue weighted by atomic mass is 16.3. The van der Waals surface area contributed by atoms with Gasteiger partial charge in [-0.1, -0.05) is 0 Å². The Balaban J connectivity index is 2.07. The van der Waals surface area contributed by atoms with Gasteiger partial charge in [0.05, 0.1) is 12.8 Å². The van der Waals surface area contributed by atoms with E-state index in [1.54, 1.807) is 0 Å². The average Bonchev–Trinajstić information content (AvgIpc) is 2.04. The van der Waals surface area contributed by atoms with Crippen LogP contribution in [0, 0.1) is 0 Å². The number of hydrazine groups is 1. The maximum atomic E-state index is 9.19. The van der Waals surface area contributed by atoms with Gasteiger partial charge in [0.25, 0.3) is 0 Å². The van der Waals surface area contributed by atoms with Crippen LogP contribution in [-0.2, 0) is 0 Å². The monoisotopic (exact) mass is 159 g/mol. The van der Waals surface area contributed by atoms with Gasteiger partial charge in [-0.25, -0.2) is 5.43 Å². The van der Waals surface area contributed by atoms with Crippen LogP contribution in [-0.4, -0.2) is 42.9 Å². The van der Waals surface area contributed by atoms with Crippen LogP contribution in [0.2, 0.25) is 0 Å². The minimum atomic E-state index is -0.0687. The summed E-state index contributed by atoms with van der Waals surface area (Å²) < 4.78 is 0. The molecule has 3 N–H and O–H groups in total. The highest BCUT2D eigenvalue weighted by Crippen LogP contribution is 2.07. The molecule has 0 atom stereocenters. The molecule has 1 fully saturated rings. The molecule has 1 rings (SSSR count). The van der Waals surface area contributed by atoms with E-state index in [0.29, 0.717) is 0 Å². The Bertz CT molecular complexity index is 99.1. The van der Waals surface area contributed by atoms with E-state index in [1.807, 2.05) is 7.05 Å². The number of hydrogen-bond donors (Lipinski definition) is 3. The summed E-state index contributed by atoms with van der Waals surface area (Å²) in [6, 6.07) is 0. The van der Waals surface area contributed by atoms with Gasteiger partial charge in [-0.05, 0) is 19.9 Å². The number of nitrogens with one attached hydrogen (secondary N) is 2. The van der Waals surface area contributed by atoms with Crippen molar-refractivity contribution in [3.63, 3.8) is 0 Å². The van der Waals surface area contributed by atoms with Crippen LogP contribution in [0.4, 0.5) is 0 Å². The van der Waals surface area contributed by atoms with E-state index >= 15 is 0 Å². The molecule has 0 aliphatic carbocycles. The van der Waals surface area contributed by atoms with E-state index in [0.717, 1.165) is 32.6 Å². The smallest absolute Gasteiger partial charge is 0.0614 e. The quantitative estimate of drug-likeness (QED) is 0.468. The summed E-state index contributed by atoms with van der Waals surface area (Å²) >= 11 is 0. The second kappa shape index (κ2) is 4.66. The molecule has 0 aromatic carbocycles. The molecule has 66 valence electrons. The maximum absolute atomic E-state index is 9.19. The van der Waals surface area contributed by atoms with Crippen LogP contribution in [0.15, 0.2) is 0 Å². The Hall–Kier alpha value is -0.160. The largest absolute Gasteiger partial charge is 0.393 e. The fourth-order valence-corrected chi connectivity index (χ4v) is 1.27. The lowest BCUT2D eigenvalue weighted by Crippen LogP contribution is -2.44. The van der Waals surface area contributed by atoms with Crippen LogP contribution in [0.3, 0.4) is 0 Å². The molecule has 0 aromatic heterocycles. The molecule has 1 aliphatic rings. The Morgan fingerprint density at radius 2 is 2.09 bits per heavy atom. The summed E-state index contributed by atoms with van der Waals surface area (Å²) in [5.41, 5.74) is 5.90. The topological polar surface area (TPSA) is 47.5 Å².